The second-order valence-electron chi connectivity index (χ2n) is 5.32. The van der Waals surface area contributed by atoms with Gasteiger partial charge < -0.3 is 15.4 Å². The minimum Gasteiger partial charge on any atom is -0.377 e. The fraction of sp³-hybridized carbons (Fsp3) is 0.923. The summed E-state index contributed by atoms with van der Waals surface area (Å²) in [4.78, 5) is 16.1. The van der Waals surface area contributed by atoms with Crippen LogP contribution in [0.5, 0.6) is 0 Å². The molecular formula is C13H27N3O2. The summed E-state index contributed by atoms with van der Waals surface area (Å²) in [6, 6.07) is -0.0463. The fourth-order valence-corrected chi connectivity index (χ4v) is 2.04. The third kappa shape index (κ3) is 5.80. The number of hydrogen-bond donors (Lipinski definition) is 1. The second-order valence-corrected chi connectivity index (χ2v) is 5.32. The van der Waals surface area contributed by atoms with Gasteiger partial charge >= 0.3 is 0 Å². The molecule has 1 atom stereocenters. The van der Waals surface area contributed by atoms with Crippen molar-refractivity contribution in [3.8, 4) is 0 Å². The second kappa shape index (κ2) is 7.71. The van der Waals surface area contributed by atoms with Gasteiger partial charge in [-0.25, -0.2) is 0 Å². The van der Waals surface area contributed by atoms with Gasteiger partial charge in [0, 0.05) is 45.2 Å². The van der Waals surface area contributed by atoms with Crippen molar-refractivity contribution in [2.24, 2.45) is 5.73 Å². The van der Waals surface area contributed by atoms with Gasteiger partial charge in [-0.2, -0.15) is 0 Å². The van der Waals surface area contributed by atoms with E-state index in [4.69, 9.17) is 10.5 Å². The fourth-order valence-electron chi connectivity index (χ4n) is 2.04. The Bertz CT molecular complexity index is 249. The van der Waals surface area contributed by atoms with Gasteiger partial charge in [0.05, 0.1) is 12.7 Å². The first kappa shape index (κ1) is 15.4. The summed E-state index contributed by atoms with van der Waals surface area (Å²) >= 11 is 0. The van der Waals surface area contributed by atoms with Crippen LogP contribution in [0.3, 0.4) is 0 Å². The van der Waals surface area contributed by atoms with Crippen LogP contribution >= 0.6 is 0 Å². The largest absolute Gasteiger partial charge is 0.377 e. The van der Waals surface area contributed by atoms with E-state index < -0.39 is 0 Å². The van der Waals surface area contributed by atoms with E-state index in [1.165, 1.54) is 0 Å². The zero-order valence-corrected chi connectivity index (χ0v) is 11.9. The highest BCUT2D eigenvalue weighted by atomic mass is 16.5. The average molecular weight is 257 g/mol. The quantitative estimate of drug-likeness (QED) is 0.743. The highest BCUT2D eigenvalue weighted by Gasteiger charge is 2.21. The van der Waals surface area contributed by atoms with Crippen molar-refractivity contribution in [2.45, 2.75) is 39.3 Å². The van der Waals surface area contributed by atoms with Crippen LogP contribution < -0.4 is 5.73 Å². The van der Waals surface area contributed by atoms with Gasteiger partial charge in [-0.15, -0.1) is 0 Å². The van der Waals surface area contributed by atoms with Gasteiger partial charge in [-0.1, -0.05) is 0 Å². The first-order chi connectivity index (χ1) is 8.49. The van der Waals surface area contributed by atoms with E-state index in [-0.39, 0.29) is 11.9 Å². The van der Waals surface area contributed by atoms with Crippen molar-refractivity contribution < 1.29 is 9.53 Å². The van der Waals surface area contributed by atoms with Crippen LogP contribution in [0.4, 0.5) is 0 Å². The molecule has 1 saturated heterocycles. The Morgan fingerprint density at radius 3 is 2.33 bits per heavy atom. The molecule has 0 bridgehead atoms. The molecule has 2 N–H and O–H groups in total. The number of rotatable bonds is 6. The molecule has 1 amide bonds. The SMILES string of the molecule is CC(N)CC(=O)N1CCN(CCOC(C)C)CC1. The minimum absolute atomic E-state index is 0.0463. The van der Waals surface area contributed by atoms with E-state index in [1.54, 1.807) is 0 Å². The molecule has 5 nitrogen and oxygen atoms in total. The van der Waals surface area contributed by atoms with Crippen molar-refractivity contribution >= 4 is 5.91 Å². The highest BCUT2D eigenvalue weighted by molar-refractivity contribution is 5.76. The summed E-state index contributed by atoms with van der Waals surface area (Å²) in [6.07, 6.45) is 0.745. The van der Waals surface area contributed by atoms with Gasteiger partial charge in [0.25, 0.3) is 0 Å². The maximum absolute atomic E-state index is 11.8. The maximum atomic E-state index is 11.8. The van der Waals surface area contributed by atoms with Crippen LogP contribution in [0.2, 0.25) is 0 Å². The maximum Gasteiger partial charge on any atom is 0.224 e. The predicted molar refractivity (Wildman–Crippen MR) is 72.4 cm³/mol. The topological polar surface area (TPSA) is 58.8 Å². The third-order valence-corrected chi connectivity index (χ3v) is 3.08. The Kier molecular flexibility index (Phi) is 6.60. The summed E-state index contributed by atoms with van der Waals surface area (Å²) in [5.74, 6) is 0.183. The van der Waals surface area contributed by atoms with E-state index in [0.717, 1.165) is 39.3 Å². The van der Waals surface area contributed by atoms with Gasteiger partial charge in [0.2, 0.25) is 5.91 Å². The number of ether oxygens (including phenoxy) is 1. The van der Waals surface area contributed by atoms with Crippen LogP contribution in [0.1, 0.15) is 27.2 Å². The normalized spacial score (nSPS) is 19.3. The number of amides is 1. The number of carbonyl (C=O) groups is 1. The Labute approximate surface area is 110 Å². The minimum atomic E-state index is -0.0463. The van der Waals surface area contributed by atoms with Crippen molar-refractivity contribution in [3.05, 3.63) is 0 Å². The molecule has 1 rings (SSSR count). The molecule has 0 saturated carbocycles. The molecule has 0 spiro atoms. The standard InChI is InChI=1S/C13H27N3O2/c1-11(2)18-9-8-15-4-6-16(7-5-15)13(17)10-12(3)14/h11-12H,4-10,14H2,1-3H3. The number of nitrogens with zero attached hydrogens (tertiary/aromatic N) is 2. The predicted octanol–water partition coefficient (Wildman–Crippen LogP) is 0.293. The van der Waals surface area contributed by atoms with Crippen molar-refractivity contribution in [1.29, 1.82) is 0 Å². The Morgan fingerprint density at radius 1 is 1.22 bits per heavy atom. The molecule has 0 aromatic carbocycles. The van der Waals surface area contributed by atoms with Crippen molar-refractivity contribution in [1.82, 2.24) is 9.80 Å². The monoisotopic (exact) mass is 257 g/mol. The van der Waals surface area contributed by atoms with Crippen LogP contribution in [0.25, 0.3) is 0 Å². The summed E-state index contributed by atoms with van der Waals surface area (Å²) in [6.45, 7) is 11.2. The van der Waals surface area contributed by atoms with Crippen LogP contribution in [0, 0.1) is 0 Å². The lowest BCUT2D eigenvalue weighted by Crippen LogP contribution is -2.50. The average Bonchev–Trinajstić information content (AvgIpc) is 2.28. The molecule has 0 radical (unpaired) electrons. The molecule has 0 aromatic heterocycles. The summed E-state index contributed by atoms with van der Waals surface area (Å²) in [5.41, 5.74) is 5.65. The molecule has 5 heteroatoms. The Hall–Kier alpha value is -0.650. The number of carbonyl (C=O) groups excluding carboxylic acids is 1. The molecular weight excluding hydrogens is 230 g/mol. The van der Waals surface area contributed by atoms with Gasteiger partial charge in [-0.3, -0.25) is 9.69 Å². The van der Waals surface area contributed by atoms with E-state index in [9.17, 15) is 4.79 Å². The summed E-state index contributed by atoms with van der Waals surface area (Å²) < 4.78 is 5.53. The lowest BCUT2D eigenvalue weighted by atomic mass is 10.2. The highest BCUT2D eigenvalue weighted by Crippen LogP contribution is 2.05. The van der Waals surface area contributed by atoms with Gasteiger partial charge in [0.1, 0.15) is 0 Å². The molecule has 1 unspecified atom stereocenters. The lowest BCUT2D eigenvalue weighted by molar-refractivity contribution is -0.133. The number of piperazine rings is 1. The zero-order valence-electron chi connectivity index (χ0n) is 11.9. The first-order valence-corrected chi connectivity index (χ1v) is 6.86. The molecule has 1 aliphatic rings. The van der Waals surface area contributed by atoms with Crippen LogP contribution in [-0.2, 0) is 9.53 Å². The molecule has 1 heterocycles. The van der Waals surface area contributed by atoms with Crippen LogP contribution in [0.15, 0.2) is 0 Å². The van der Waals surface area contributed by atoms with Crippen molar-refractivity contribution in [3.63, 3.8) is 0 Å². The number of nitrogens with two attached hydrogens (primary N) is 1. The molecule has 1 aliphatic heterocycles. The summed E-state index contributed by atoms with van der Waals surface area (Å²) in [7, 11) is 0. The van der Waals surface area contributed by atoms with Gasteiger partial charge in [0.15, 0.2) is 0 Å². The summed E-state index contributed by atoms with van der Waals surface area (Å²) in [5, 5.41) is 0. The molecule has 1 fully saturated rings. The van der Waals surface area contributed by atoms with E-state index in [2.05, 4.69) is 4.90 Å². The zero-order chi connectivity index (χ0) is 13.5. The number of hydrogen-bond acceptors (Lipinski definition) is 4. The molecule has 106 valence electrons. The van der Waals surface area contributed by atoms with Crippen molar-refractivity contribution in [2.75, 3.05) is 39.3 Å². The molecule has 18 heavy (non-hydrogen) atoms. The van der Waals surface area contributed by atoms with E-state index in [1.807, 2.05) is 25.7 Å². The van der Waals surface area contributed by atoms with E-state index >= 15 is 0 Å². The van der Waals surface area contributed by atoms with Gasteiger partial charge in [-0.05, 0) is 20.8 Å². The Morgan fingerprint density at radius 2 is 1.83 bits per heavy atom. The Balaban J connectivity index is 2.18. The smallest absolute Gasteiger partial charge is 0.224 e. The lowest BCUT2D eigenvalue weighted by Gasteiger charge is -2.35. The third-order valence-electron chi connectivity index (χ3n) is 3.08. The van der Waals surface area contributed by atoms with Crippen LogP contribution in [-0.4, -0.2) is 67.2 Å². The van der Waals surface area contributed by atoms with E-state index in [0.29, 0.717) is 12.5 Å². The molecule has 0 aromatic rings. The first-order valence-electron chi connectivity index (χ1n) is 6.86. The molecule has 0 aliphatic carbocycles.